The van der Waals surface area contributed by atoms with Crippen LogP contribution in [0.3, 0.4) is 0 Å². The lowest BCUT2D eigenvalue weighted by Gasteiger charge is -1.98. The summed E-state index contributed by atoms with van der Waals surface area (Å²) in [5.41, 5.74) is 6.61. The highest BCUT2D eigenvalue weighted by molar-refractivity contribution is 6.17. The third-order valence-electron chi connectivity index (χ3n) is 1.82. The molecule has 0 radical (unpaired) electrons. The average molecular weight is 227 g/mol. The zero-order valence-corrected chi connectivity index (χ0v) is 8.78. The number of rotatable bonds is 4. The lowest BCUT2D eigenvalue weighted by atomic mass is 10.1. The minimum atomic E-state index is -0.431. The molecule has 0 heterocycles. The number of hydrogen-bond donors (Lipinski definition) is 1. The molecule has 0 aromatic heterocycles. The van der Waals surface area contributed by atoms with E-state index in [-0.39, 0.29) is 5.69 Å². The minimum Gasteiger partial charge on any atom is -0.399 e. The lowest BCUT2D eigenvalue weighted by molar-refractivity contribution is -0.385. The maximum atomic E-state index is 10.7. The van der Waals surface area contributed by atoms with Gasteiger partial charge in [-0.05, 0) is 18.6 Å². The number of nitro groups is 1. The number of anilines is 1. The molecule has 0 bridgehead atoms. The summed E-state index contributed by atoms with van der Waals surface area (Å²) in [4.78, 5) is 10.2. The van der Waals surface area contributed by atoms with Crippen molar-refractivity contribution in [2.45, 2.75) is 6.42 Å². The molecule has 0 atom stereocenters. The smallest absolute Gasteiger partial charge is 0.276 e. The van der Waals surface area contributed by atoms with Crippen LogP contribution >= 0.6 is 11.6 Å². The van der Waals surface area contributed by atoms with E-state index in [1.165, 1.54) is 12.1 Å². The van der Waals surface area contributed by atoms with Gasteiger partial charge in [0.05, 0.1) is 10.5 Å². The Kier molecular flexibility index (Phi) is 4.12. The first-order valence-electron chi connectivity index (χ1n) is 4.41. The number of nitrogen functional groups attached to an aromatic ring is 1. The van der Waals surface area contributed by atoms with E-state index in [9.17, 15) is 10.1 Å². The number of nitrogens with two attached hydrogens (primary N) is 1. The highest BCUT2D eigenvalue weighted by Crippen LogP contribution is 2.22. The van der Waals surface area contributed by atoms with Gasteiger partial charge in [-0.3, -0.25) is 10.1 Å². The molecule has 15 heavy (non-hydrogen) atoms. The maximum Gasteiger partial charge on any atom is 0.276 e. The predicted molar refractivity (Wildman–Crippen MR) is 61.9 cm³/mol. The van der Waals surface area contributed by atoms with Crippen molar-refractivity contribution in [3.8, 4) is 0 Å². The van der Waals surface area contributed by atoms with Crippen molar-refractivity contribution in [2.75, 3.05) is 11.6 Å². The highest BCUT2D eigenvalue weighted by Gasteiger charge is 2.10. The highest BCUT2D eigenvalue weighted by atomic mass is 35.5. The number of allylic oxidation sites excluding steroid dienone is 1. The Morgan fingerprint density at radius 2 is 2.27 bits per heavy atom. The quantitative estimate of drug-likeness (QED) is 0.371. The van der Waals surface area contributed by atoms with Crippen LogP contribution in [0.1, 0.15) is 12.0 Å². The monoisotopic (exact) mass is 226 g/mol. The van der Waals surface area contributed by atoms with Gasteiger partial charge in [-0.15, -0.1) is 11.6 Å². The Hall–Kier alpha value is -1.55. The molecule has 2 N–H and O–H groups in total. The van der Waals surface area contributed by atoms with E-state index in [4.69, 9.17) is 17.3 Å². The Balaban J connectivity index is 3.02. The van der Waals surface area contributed by atoms with Crippen LogP contribution in [-0.4, -0.2) is 10.8 Å². The predicted octanol–water partition coefficient (Wildman–Crippen LogP) is 2.82. The van der Waals surface area contributed by atoms with Crippen molar-refractivity contribution in [1.29, 1.82) is 0 Å². The normalized spacial score (nSPS) is 10.7. The summed E-state index contributed by atoms with van der Waals surface area (Å²) in [5, 5.41) is 10.7. The molecule has 0 aliphatic carbocycles. The summed E-state index contributed by atoms with van der Waals surface area (Å²) >= 11 is 5.49. The average Bonchev–Trinajstić information content (AvgIpc) is 2.18. The minimum absolute atomic E-state index is 0.0509. The zero-order chi connectivity index (χ0) is 11.3. The van der Waals surface area contributed by atoms with Gasteiger partial charge in [0, 0.05) is 17.6 Å². The topological polar surface area (TPSA) is 69.2 Å². The van der Waals surface area contributed by atoms with Gasteiger partial charge < -0.3 is 5.73 Å². The molecular formula is C10H11ClN2O2. The van der Waals surface area contributed by atoms with Gasteiger partial charge in [-0.2, -0.15) is 0 Å². The molecule has 4 nitrogen and oxygen atoms in total. The van der Waals surface area contributed by atoms with Gasteiger partial charge >= 0.3 is 0 Å². The third kappa shape index (κ3) is 3.25. The first kappa shape index (κ1) is 11.5. The van der Waals surface area contributed by atoms with Crippen molar-refractivity contribution >= 4 is 29.1 Å². The molecule has 0 fully saturated rings. The van der Waals surface area contributed by atoms with E-state index in [1.54, 1.807) is 18.2 Å². The summed E-state index contributed by atoms with van der Waals surface area (Å²) in [5.74, 6) is 0.493. The molecule has 1 aromatic carbocycles. The molecule has 5 heteroatoms. The zero-order valence-electron chi connectivity index (χ0n) is 8.02. The molecule has 0 aliphatic rings. The number of hydrogen-bond acceptors (Lipinski definition) is 3. The van der Waals surface area contributed by atoms with E-state index in [0.717, 1.165) is 0 Å². The number of nitro benzene ring substituents is 1. The molecule has 0 unspecified atom stereocenters. The van der Waals surface area contributed by atoms with E-state index in [0.29, 0.717) is 23.6 Å². The molecule has 0 saturated heterocycles. The Morgan fingerprint density at radius 3 is 2.87 bits per heavy atom. The van der Waals surface area contributed by atoms with E-state index >= 15 is 0 Å². The molecular weight excluding hydrogens is 216 g/mol. The second-order valence-electron chi connectivity index (χ2n) is 2.96. The van der Waals surface area contributed by atoms with Crippen LogP contribution in [0.5, 0.6) is 0 Å². The van der Waals surface area contributed by atoms with Gasteiger partial charge in [0.1, 0.15) is 0 Å². The van der Waals surface area contributed by atoms with Crippen molar-refractivity contribution < 1.29 is 4.92 Å². The van der Waals surface area contributed by atoms with Crippen molar-refractivity contribution in [2.24, 2.45) is 0 Å². The van der Waals surface area contributed by atoms with Crippen molar-refractivity contribution in [3.63, 3.8) is 0 Å². The molecule has 0 spiro atoms. The maximum absolute atomic E-state index is 10.7. The molecule has 0 amide bonds. The summed E-state index contributed by atoms with van der Waals surface area (Å²) in [7, 11) is 0. The van der Waals surface area contributed by atoms with E-state index in [2.05, 4.69) is 0 Å². The second-order valence-corrected chi connectivity index (χ2v) is 3.33. The fourth-order valence-corrected chi connectivity index (χ4v) is 1.27. The standard InChI is InChI=1S/C10H11ClN2O2/c11-6-2-1-3-8-7-9(12)4-5-10(8)13(14)15/h1,3-5,7H,2,6,12H2. The molecule has 0 aliphatic heterocycles. The third-order valence-corrected chi connectivity index (χ3v) is 2.04. The summed E-state index contributed by atoms with van der Waals surface area (Å²) in [6.45, 7) is 0. The number of alkyl halides is 1. The fourth-order valence-electron chi connectivity index (χ4n) is 1.15. The molecule has 1 rings (SSSR count). The van der Waals surface area contributed by atoms with Crippen LogP contribution in [0, 0.1) is 10.1 Å². The van der Waals surface area contributed by atoms with Crippen LogP contribution in [0.4, 0.5) is 11.4 Å². The van der Waals surface area contributed by atoms with Crippen LogP contribution in [0.2, 0.25) is 0 Å². The summed E-state index contributed by atoms with van der Waals surface area (Å²) < 4.78 is 0. The number of halogens is 1. The van der Waals surface area contributed by atoms with Gasteiger partial charge in [0.25, 0.3) is 5.69 Å². The van der Waals surface area contributed by atoms with Crippen LogP contribution in [0.25, 0.3) is 6.08 Å². The fraction of sp³-hybridized carbons (Fsp3) is 0.200. The first-order valence-corrected chi connectivity index (χ1v) is 4.95. The van der Waals surface area contributed by atoms with Gasteiger partial charge in [-0.25, -0.2) is 0 Å². The Morgan fingerprint density at radius 1 is 1.53 bits per heavy atom. The van der Waals surface area contributed by atoms with Crippen LogP contribution in [-0.2, 0) is 0 Å². The van der Waals surface area contributed by atoms with E-state index in [1.807, 2.05) is 0 Å². The number of benzene rings is 1. The molecule has 0 saturated carbocycles. The lowest BCUT2D eigenvalue weighted by Crippen LogP contribution is -1.93. The van der Waals surface area contributed by atoms with Gasteiger partial charge in [0.2, 0.25) is 0 Å². The van der Waals surface area contributed by atoms with Crippen LogP contribution < -0.4 is 5.73 Å². The van der Waals surface area contributed by atoms with Crippen molar-refractivity contribution in [3.05, 3.63) is 40.0 Å². The van der Waals surface area contributed by atoms with Crippen molar-refractivity contribution in [1.82, 2.24) is 0 Å². The van der Waals surface area contributed by atoms with Gasteiger partial charge in [-0.1, -0.05) is 12.2 Å². The SMILES string of the molecule is Nc1ccc([N+](=O)[O-])c(C=CCCCl)c1. The van der Waals surface area contributed by atoms with Gasteiger partial charge in [0.15, 0.2) is 0 Å². The van der Waals surface area contributed by atoms with Crippen LogP contribution in [0.15, 0.2) is 24.3 Å². The number of nitrogens with zero attached hydrogens (tertiary/aromatic N) is 1. The first-order chi connectivity index (χ1) is 7.15. The summed E-state index contributed by atoms with van der Waals surface area (Å²) in [6.07, 6.45) is 4.12. The second kappa shape index (κ2) is 5.36. The Labute approximate surface area is 92.5 Å². The summed E-state index contributed by atoms with van der Waals surface area (Å²) in [6, 6.07) is 4.48. The van der Waals surface area contributed by atoms with E-state index < -0.39 is 4.92 Å². The Bertz CT molecular complexity index is 391. The molecule has 1 aromatic rings. The largest absolute Gasteiger partial charge is 0.399 e. The molecule has 80 valence electrons.